The van der Waals surface area contributed by atoms with Gasteiger partial charge in [0.15, 0.2) is 11.5 Å². The molecule has 4 heterocycles. The number of aromatic nitrogens is 1. The van der Waals surface area contributed by atoms with E-state index in [0.717, 1.165) is 50.2 Å². The zero-order chi connectivity index (χ0) is 26.6. The van der Waals surface area contributed by atoms with Gasteiger partial charge in [-0.15, -0.1) is 0 Å². The van der Waals surface area contributed by atoms with Crippen molar-refractivity contribution in [2.24, 2.45) is 5.92 Å². The molecular formula is C30H40FN3O4. The Labute approximate surface area is 225 Å². The molecule has 5 rings (SSSR count). The molecular weight excluding hydrogens is 485 g/mol. The lowest BCUT2D eigenvalue weighted by Crippen LogP contribution is -2.36. The number of hydrogen-bond acceptors (Lipinski definition) is 7. The van der Waals surface area contributed by atoms with E-state index < -0.39 is 11.9 Å². The summed E-state index contributed by atoms with van der Waals surface area (Å²) in [7, 11) is 0. The van der Waals surface area contributed by atoms with Crippen molar-refractivity contribution >= 4 is 5.82 Å². The quantitative estimate of drug-likeness (QED) is 0.309. The van der Waals surface area contributed by atoms with Crippen LogP contribution in [0.5, 0.6) is 11.5 Å². The zero-order valence-corrected chi connectivity index (χ0v) is 22.5. The summed E-state index contributed by atoms with van der Waals surface area (Å²) in [6, 6.07) is 6.53. The molecule has 3 aliphatic heterocycles. The van der Waals surface area contributed by atoms with Gasteiger partial charge in [-0.1, -0.05) is 26.5 Å². The van der Waals surface area contributed by atoms with Gasteiger partial charge in [-0.05, 0) is 62.1 Å². The molecule has 206 valence electrons. The molecule has 7 nitrogen and oxygen atoms in total. The van der Waals surface area contributed by atoms with Gasteiger partial charge in [0, 0.05) is 43.6 Å². The van der Waals surface area contributed by atoms with Crippen LogP contribution in [0.25, 0.3) is 0 Å². The van der Waals surface area contributed by atoms with Crippen molar-refractivity contribution in [1.29, 1.82) is 0 Å². The number of fused-ring (bicyclic) bond motifs is 2. The normalized spacial score (nSPS) is 21.7. The Morgan fingerprint density at radius 3 is 3.00 bits per heavy atom. The van der Waals surface area contributed by atoms with Gasteiger partial charge in [-0.2, -0.15) is 0 Å². The molecule has 0 aliphatic carbocycles. The highest BCUT2D eigenvalue weighted by atomic mass is 19.1. The number of pyridine rings is 1. The monoisotopic (exact) mass is 525 g/mol. The first kappa shape index (κ1) is 26.8. The molecule has 0 unspecified atom stereocenters. The number of aliphatic hydroxyl groups is 1. The molecule has 0 bridgehead atoms. The maximum atomic E-state index is 14.5. The Kier molecular flexibility index (Phi) is 8.39. The fourth-order valence-electron chi connectivity index (χ4n) is 5.59. The second-order valence-corrected chi connectivity index (χ2v) is 11.0. The van der Waals surface area contributed by atoms with Crippen LogP contribution in [-0.4, -0.2) is 60.0 Å². The molecule has 1 fully saturated rings. The van der Waals surface area contributed by atoms with Crippen molar-refractivity contribution in [3.8, 4) is 11.5 Å². The second-order valence-electron chi connectivity index (χ2n) is 11.0. The van der Waals surface area contributed by atoms with Crippen LogP contribution in [0.3, 0.4) is 0 Å². The van der Waals surface area contributed by atoms with Crippen LogP contribution >= 0.6 is 0 Å². The van der Waals surface area contributed by atoms with Crippen LogP contribution in [0.4, 0.5) is 10.2 Å². The third-order valence-electron chi connectivity index (χ3n) is 7.75. The van der Waals surface area contributed by atoms with Gasteiger partial charge in [-0.3, -0.25) is 4.90 Å². The van der Waals surface area contributed by atoms with E-state index in [0.29, 0.717) is 43.4 Å². The number of nitrogens with one attached hydrogen (secondary N) is 1. The fourth-order valence-corrected chi connectivity index (χ4v) is 5.59. The number of likely N-dealkylation sites (tertiary alicyclic amines) is 1. The molecule has 3 atom stereocenters. The molecule has 0 radical (unpaired) electrons. The van der Waals surface area contributed by atoms with Gasteiger partial charge in [0.05, 0.1) is 12.1 Å². The average molecular weight is 526 g/mol. The minimum absolute atomic E-state index is 0.0410. The predicted molar refractivity (Wildman–Crippen MR) is 146 cm³/mol. The number of ether oxygens (including phenoxy) is 3. The van der Waals surface area contributed by atoms with Gasteiger partial charge in [-0.25, -0.2) is 9.37 Å². The smallest absolute Gasteiger partial charge is 0.167 e. The van der Waals surface area contributed by atoms with E-state index in [1.165, 1.54) is 24.1 Å². The lowest BCUT2D eigenvalue weighted by atomic mass is 10.00. The molecule has 0 amide bonds. The average Bonchev–Trinajstić information content (AvgIpc) is 3.36. The minimum Gasteiger partial charge on any atom is -0.511 e. The summed E-state index contributed by atoms with van der Waals surface area (Å²) in [6.45, 7) is 11.3. The van der Waals surface area contributed by atoms with E-state index in [1.807, 2.05) is 0 Å². The number of halogens is 1. The highest BCUT2D eigenvalue weighted by molar-refractivity contribution is 5.51. The van der Waals surface area contributed by atoms with Crippen molar-refractivity contribution in [1.82, 2.24) is 9.88 Å². The number of rotatable bonds is 10. The first-order chi connectivity index (χ1) is 18.4. The molecule has 0 saturated carbocycles. The lowest BCUT2D eigenvalue weighted by Gasteiger charge is -2.34. The fraction of sp³-hybridized carbons (Fsp3) is 0.567. The standard InChI is InChI=1S/C30H40FN3O4/c1-19(2)27-18-37-26-16-22(31)15-25(29(26)38-27)28(20(3)35)34-13-11-24(17-34)36-14-5-4-8-23-10-9-21-7-6-12-32-30(21)33-23/h9-10,15-16,19,24,27-28,35H,3-8,11-14,17-18H2,1-2H3,(H,32,33)/t24-,27+,28+/m1/s1. The molecule has 2 aromatic rings. The number of hydrogen-bond donors (Lipinski definition) is 2. The van der Waals surface area contributed by atoms with Gasteiger partial charge in [0.2, 0.25) is 0 Å². The van der Waals surface area contributed by atoms with E-state index in [1.54, 1.807) is 0 Å². The van der Waals surface area contributed by atoms with Crippen LogP contribution < -0.4 is 14.8 Å². The molecule has 1 aromatic heterocycles. The second kappa shape index (κ2) is 11.9. The summed E-state index contributed by atoms with van der Waals surface area (Å²) >= 11 is 0. The van der Waals surface area contributed by atoms with Crippen molar-refractivity contribution in [3.05, 3.63) is 59.2 Å². The number of nitrogens with zero attached hydrogens (tertiary/aromatic N) is 2. The minimum atomic E-state index is -0.591. The first-order valence-electron chi connectivity index (χ1n) is 14.0. The molecule has 8 heteroatoms. The third kappa shape index (κ3) is 6.07. The highest BCUT2D eigenvalue weighted by Crippen LogP contribution is 2.44. The van der Waals surface area contributed by atoms with Crippen LogP contribution in [0.2, 0.25) is 0 Å². The summed E-state index contributed by atoms with van der Waals surface area (Å²) < 4.78 is 32.8. The Hall–Kier alpha value is -2.84. The van der Waals surface area contributed by atoms with Crippen molar-refractivity contribution in [2.75, 3.05) is 38.2 Å². The van der Waals surface area contributed by atoms with Crippen molar-refractivity contribution < 1.29 is 23.7 Å². The van der Waals surface area contributed by atoms with E-state index in [4.69, 9.17) is 19.2 Å². The lowest BCUT2D eigenvalue weighted by molar-refractivity contribution is 0.0479. The van der Waals surface area contributed by atoms with Gasteiger partial charge >= 0.3 is 0 Å². The molecule has 2 N–H and O–H groups in total. The molecule has 0 spiro atoms. The Morgan fingerprint density at radius 1 is 1.32 bits per heavy atom. The number of unbranched alkanes of at least 4 members (excludes halogenated alkanes) is 1. The first-order valence-corrected chi connectivity index (χ1v) is 14.0. The number of benzene rings is 1. The molecule has 1 aromatic carbocycles. The molecule has 1 saturated heterocycles. The molecule has 38 heavy (non-hydrogen) atoms. The number of aryl methyl sites for hydroxylation is 2. The van der Waals surface area contributed by atoms with Gasteiger partial charge in [0.1, 0.15) is 30.1 Å². The number of anilines is 1. The van der Waals surface area contributed by atoms with Crippen LogP contribution in [0, 0.1) is 11.7 Å². The van der Waals surface area contributed by atoms with E-state index >= 15 is 0 Å². The Bertz CT molecular complexity index is 1140. The zero-order valence-electron chi connectivity index (χ0n) is 22.5. The highest BCUT2D eigenvalue weighted by Gasteiger charge is 2.36. The molecule has 3 aliphatic rings. The van der Waals surface area contributed by atoms with E-state index in [-0.39, 0.29) is 23.9 Å². The topological polar surface area (TPSA) is 76.1 Å². The maximum absolute atomic E-state index is 14.5. The van der Waals surface area contributed by atoms with E-state index in [2.05, 4.69) is 42.8 Å². The largest absolute Gasteiger partial charge is 0.511 e. The third-order valence-corrected chi connectivity index (χ3v) is 7.75. The van der Waals surface area contributed by atoms with Gasteiger partial charge in [0.25, 0.3) is 0 Å². The summed E-state index contributed by atoms with van der Waals surface area (Å²) in [5, 5.41) is 14.0. The predicted octanol–water partition coefficient (Wildman–Crippen LogP) is 5.60. The summed E-state index contributed by atoms with van der Waals surface area (Å²) in [6.07, 6.45) is 5.93. The van der Waals surface area contributed by atoms with Crippen molar-refractivity contribution in [2.45, 2.75) is 70.6 Å². The van der Waals surface area contributed by atoms with Gasteiger partial charge < -0.3 is 24.6 Å². The van der Waals surface area contributed by atoms with E-state index in [9.17, 15) is 9.50 Å². The number of aliphatic hydroxyl groups excluding tert-OH is 1. The van der Waals surface area contributed by atoms with Crippen LogP contribution in [0.1, 0.15) is 62.4 Å². The summed E-state index contributed by atoms with van der Waals surface area (Å²) in [4.78, 5) is 6.87. The summed E-state index contributed by atoms with van der Waals surface area (Å²) in [5.74, 6) is 1.69. The van der Waals surface area contributed by atoms with Crippen LogP contribution in [-0.2, 0) is 17.6 Å². The maximum Gasteiger partial charge on any atom is 0.167 e. The SMILES string of the molecule is C=C(O)[C@@H](c1cc(F)cc2c1O[C@H](C(C)C)CO2)N1CC[C@@H](OCCCCc2ccc3c(n2)NCCC3)C1. The Morgan fingerprint density at radius 2 is 2.18 bits per heavy atom. The van der Waals surface area contributed by atoms with Crippen LogP contribution in [0.15, 0.2) is 36.6 Å². The Balaban J connectivity index is 1.15. The summed E-state index contributed by atoms with van der Waals surface area (Å²) in [5.41, 5.74) is 2.99. The van der Waals surface area contributed by atoms with Crippen molar-refractivity contribution in [3.63, 3.8) is 0 Å².